The Balaban J connectivity index is 2.13. The van der Waals surface area contributed by atoms with E-state index in [1.165, 1.54) is 51.4 Å². The third-order valence-electron chi connectivity index (χ3n) is 4.74. The Kier molecular flexibility index (Phi) is 11.8. The molecule has 0 heterocycles. The van der Waals surface area contributed by atoms with Crippen molar-refractivity contribution >= 4 is 5.97 Å². The molecule has 0 radical (unpaired) electrons. The van der Waals surface area contributed by atoms with Crippen LogP contribution in [0.1, 0.15) is 99.9 Å². The number of esters is 1. The summed E-state index contributed by atoms with van der Waals surface area (Å²) in [5.74, 6) is -2.10. The Bertz CT molecular complexity index is 570. The monoisotopic (exact) mass is 404 g/mol. The SMILES string of the molecule is CCCCCCCCCCCCCCOC(=O)c1ccc(F)cc1C(F)(F)F. The van der Waals surface area contributed by atoms with Gasteiger partial charge in [-0.1, -0.05) is 77.6 Å². The van der Waals surface area contributed by atoms with Crippen molar-refractivity contribution in [1.29, 1.82) is 0 Å². The Morgan fingerprint density at radius 1 is 0.857 bits per heavy atom. The molecule has 0 aliphatic carbocycles. The van der Waals surface area contributed by atoms with Crippen LogP contribution in [0.2, 0.25) is 0 Å². The highest BCUT2D eigenvalue weighted by Gasteiger charge is 2.36. The Hall–Kier alpha value is -1.59. The molecule has 6 heteroatoms. The van der Waals surface area contributed by atoms with Gasteiger partial charge >= 0.3 is 12.1 Å². The van der Waals surface area contributed by atoms with Gasteiger partial charge in [0.25, 0.3) is 0 Å². The minimum absolute atomic E-state index is 0.0743. The van der Waals surface area contributed by atoms with Crippen LogP contribution < -0.4 is 0 Å². The molecule has 160 valence electrons. The van der Waals surface area contributed by atoms with Crippen molar-refractivity contribution in [2.45, 2.75) is 90.1 Å². The van der Waals surface area contributed by atoms with Gasteiger partial charge in [-0.2, -0.15) is 13.2 Å². The lowest BCUT2D eigenvalue weighted by Crippen LogP contribution is -2.16. The zero-order chi connectivity index (χ0) is 20.8. The van der Waals surface area contributed by atoms with E-state index in [2.05, 4.69) is 6.92 Å². The largest absolute Gasteiger partial charge is 0.462 e. The van der Waals surface area contributed by atoms with E-state index < -0.39 is 29.1 Å². The van der Waals surface area contributed by atoms with Crippen molar-refractivity contribution in [3.05, 3.63) is 35.1 Å². The lowest BCUT2D eigenvalue weighted by atomic mass is 10.1. The number of unbranched alkanes of at least 4 members (excludes halogenated alkanes) is 11. The molecule has 1 aromatic rings. The minimum Gasteiger partial charge on any atom is -0.462 e. The summed E-state index contributed by atoms with van der Waals surface area (Å²) in [5.41, 5.74) is -1.94. The van der Waals surface area contributed by atoms with Crippen molar-refractivity contribution < 1.29 is 27.1 Å². The first-order valence-electron chi connectivity index (χ1n) is 10.4. The van der Waals surface area contributed by atoms with E-state index in [9.17, 15) is 22.4 Å². The lowest BCUT2D eigenvalue weighted by Gasteiger charge is -2.12. The van der Waals surface area contributed by atoms with Gasteiger partial charge in [-0.15, -0.1) is 0 Å². The normalized spacial score (nSPS) is 11.6. The van der Waals surface area contributed by atoms with Gasteiger partial charge in [-0.05, 0) is 24.6 Å². The first kappa shape index (κ1) is 24.4. The maximum Gasteiger partial charge on any atom is 0.417 e. The topological polar surface area (TPSA) is 26.3 Å². The molecule has 0 saturated heterocycles. The number of hydrogen-bond acceptors (Lipinski definition) is 2. The summed E-state index contributed by atoms with van der Waals surface area (Å²) in [5, 5.41) is 0. The number of halogens is 4. The molecule has 1 aromatic carbocycles. The van der Waals surface area contributed by atoms with Crippen LogP contribution in [0.25, 0.3) is 0 Å². The Labute approximate surface area is 165 Å². The standard InChI is InChI=1S/C22H32F4O2/c1-2-3-4-5-6-7-8-9-10-11-12-13-16-28-21(27)19-15-14-18(23)17-20(19)22(24,25)26/h14-15,17H,2-13,16H2,1H3. The molecule has 0 aliphatic heterocycles. The van der Waals surface area contributed by atoms with Crippen LogP contribution in [0.3, 0.4) is 0 Å². The summed E-state index contributed by atoms with van der Waals surface area (Å²) in [4.78, 5) is 11.9. The molecular weight excluding hydrogens is 372 g/mol. The molecule has 0 fully saturated rings. The minimum atomic E-state index is -4.80. The van der Waals surface area contributed by atoms with Crippen molar-refractivity contribution in [2.75, 3.05) is 6.61 Å². The highest BCUT2D eigenvalue weighted by atomic mass is 19.4. The van der Waals surface area contributed by atoms with Gasteiger partial charge in [-0.25, -0.2) is 9.18 Å². The molecule has 0 bridgehead atoms. The molecule has 0 spiro atoms. The van der Waals surface area contributed by atoms with Gasteiger partial charge in [0.2, 0.25) is 0 Å². The third kappa shape index (κ3) is 10.1. The molecule has 0 N–H and O–H groups in total. The quantitative estimate of drug-likeness (QED) is 0.180. The van der Waals surface area contributed by atoms with Gasteiger partial charge < -0.3 is 4.74 Å². The van der Waals surface area contributed by atoms with Crippen LogP contribution in [0.4, 0.5) is 17.6 Å². The highest BCUT2D eigenvalue weighted by Crippen LogP contribution is 2.32. The molecule has 0 unspecified atom stereocenters. The molecule has 2 nitrogen and oxygen atoms in total. The maximum absolute atomic E-state index is 13.1. The van der Waals surface area contributed by atoms with E-state index in [1.54, 1.807) is 0 Å². The number of hydrogen-bond donors (Lipinski definition) is 0. The van der Waals surface area contributed by atoms with Crippen LogP contribution in [0.5, 0.6) is 0 Å². The van der Waals surface area contributed by atoms with Crippen molar-refractivity contribution in [1.82, 2.24) is 0 Å². The number of rotatable bonds is 14. The van der Waals surface area contributed by atoms with Gasteiger partial charge in [0, 0.05) is 0 Å². The number of carbonyl (C=O) groups excluding carboxylic acids is 1. The second kappa shape index (κ2) is 13.6. The van der Waals surface area contributed by atoms with Gasteiger partial charge in [0.05, 0.1) is 17.7 Å². The summed E-state index contributed by atoms with van der Waals surface area (Å²) in [6.45, 7) is 2.29. The molecule has 0 amide bonds. The van der Waals surface area contributed by atoms with Crippen molar-refractivity contribution in [3.8, 4) is 0 Å². The first-order valence-corrected chi connectivity index (χ1v) is 10.4. The van der Waals surface area contributed by atoms with Gasteiger partial charge in [-0.3, -0.25) is 0 Å². The highest BCUT2D eigenvalue weighted by molar-refractivity contribution is 5.91. The fourth-order valence-electron chi connectivity index (χ4n) is 3.11. The second-order valence-corrected chi connectivity index (χ2v) is 7.21. The summed E-state index contributed by atoms with van der Waals surface area (Å²) in [7, 11) is 0. The van der Waals surface area contributed by atoms with E-state index in [4.69, 9.17) is 4.74 Å². The Morgan fingerprint density at radius 3 is 1.86 bits per heavy atom. The number of alkyl halides is 3. The van der Waals surface area contributed by atoms with E-state index in [0.29, 0.717) is 12.5 Å². The van der Waals surface area contributed by atoms with Gasteiger partial charge in [0.1, 0.15) is 5.82 Å². The summed E-state index contributed by atoms with van der Waals surface area (Å²) in [6.07, 6.45) is 9.10. The molecule has 28 heavy (non-hydrogen) atoms. The van der Waals surface area contributed by atoms with E-state index >= 15 is 0 Å². The fourth-order valence-corrected chi connectivity index (χ4v) is 3.11. The molecule has 0 aromatic heterocycles. The molecule has 0 saturated carbocycles. The average Bonchev–Trinajstić information content (AvgIpc) is 2.64. The third-order valence-corrected chi connectivity index (χ3v) is 4.74. The number of carbonyl (C=O) groups is 1. The lowest BCUT2D eigenvalue weighted by molar-refractivity contribution is -0.138. The predicted molar refractivity (Wildman–Crippen MR) is 103 cm³/mol. The summed E-state index contributed by atoms with van der Waals surface area (Å²) in [6, 6.07) is 1.97. The summed E-state index contributed by atoms with van der Waals surface area (Å²) >= 11 is 0. The van der Waals surface area contributed by atoms with Crippen molar-refractivity contribution in [3.63, 3.8) is 0 Å². The molecule has 0 aliphatic rings. The Morgan fingerprint density at radius 2 is 1.36 bits per heavy atom. The smallest absolute Gasteiger partial charge is 0.417 e. The predicted octanol–water partition coefficient (Wildman–Crippen LogP) is 7.70. The average molecular weight is 404 g/mol. The zero-order valence-corrected chi connectivity index (χ0v) is 16.8. The molecular formula is C22H32F4O2. The zero-order valence-electron chi connectivity index (χ0n) is 16.8. The molecule has 0 atom stereocenters. The second-order valence-electron chi connectivity index (χ2n) is 7.21. The van der Waals surface area contributed by atoms with Crippen LogP contribution in [-0.2, 0) is 10.9 Å². The van der Waals surface area contributed by atoms with E-state index in [-0.39, 0.29) is 6.61 Å². The summed E-state index contributed by atoms with van der Waals surface area (Å²) < 4.78 is 56.7. The number of ether oxygens (including phenoxy) is 1. The van der Waals surface area contributed by atoms with Crippen LogP contribution in [-0.4, -0.2) is 12.6 Å². The van der Waals surface area contributed by atoms with E-state index in [1.807, 2.05) is 0 Å². The van der Waals surface area contributed by atoms with E-state index in [0.717, 1.165) is 31.4 Å². The molecule has 1 rings (SSSR count). The van der Waals surface area contributed by atoms with Crippen LogP contribution in [0, 0.1) is 5.82 Å². The van der Waals surface area contributed by atoms with Gasteiger partial charge in [0.15, 0.2) is 0 Å². The van der Waals surface area contributed by atoms with Crippen LogP contribution in [0.15, 0.2) is 18.2 Å². The maximum atomic E-state index is 13.1. The van der Waals surface area contributed by atoms with Crippen LogP contribution >= 0.6 is 0 Å². The van der Waals surface area contributed by atoms with Crippen molar-refractivity contribution in [2.24, 2.45) is 0 Å². The number of benzene rings is 1. The fraction of sp³-hybridized carbons (Fsp3) is 0.682. The first-order chi connectivity index (χ1) is 13.4.